The van der Waals surface area contributed by atoms with Crippen LogP contribution in [-0.4, -0.2) is 28.4 Å². The second kappa shape index (κ2) is 8.06. The maximum atomic E-state index is 12.4. The van der Waals surface area contributed by atoms with E-state index in [1.807, 2.05) is 31.2 Å². The number of sulfonamides is 1. The molecule has 0 aliphatic carbocycles. The van der Waals surface area contributed by atoms with Gasteiger partial charge in [0.1, 0.15) is 0 Å². The van der Waals surface area contributed by atoms with Gasteiger partial charge in [-0.1, -0.05) is 31.2 Å². The maximum Gasteiger partial charge on any atom is 0.233 e. The summed E-state index contributed by atoms with van der Waals surface area (Å²) in [5.74, 6) is 1.22. The Morgan fingerprint density at radius 1 is 1.00 bits per heavy atom. The average molecular weight is 349 g/mol. The van der Waals surface area contributed by atoms with Gasteiger partial charge in [0.25, 0.3) is 0 Å². The molecule has 0 saturated carbocycles. The summed E-state index contributed by atoms with van der Waals surface area (Å²) in [6.07, 6.45) is 1.17. The van der Waals surface area contributed by atoms with E-state index in [9.17, 15) is 8.42 Å². The Morgan fingerprint density at radius 3 is 2.38 bits per heavy atom. The Morgan fingerprint density at radius 2 is 1.71 bits per heavy atom. The van der Waals surface area contributed by atoms with E-state index in [0.717, 1.165) is 17.5 Å². The van der Waals surface area contributed by atoms with Crippen molar-refractivity contribution >= 4 is 15.7 Å². The summed E-state index contributed by atoms with van der Waals surface area (Å²) in [5, 5.41) is 0. The van der Waals surface area contributed by atoms with Crippen molar-refractivity contribution in [1.29, 1.82) is 0 Å². The predicted molar refractivity (Wildman–Crippen MR) is 96.5 cm³/mol. The molecular weight excluding hydrogens is 326 g/mol. The van der Waals surface area contributed by atoms with Gasteiger partial charge in [-0.3, -0.25) is 4.72 Å². The van der Waals surface area contributed by atoms with E-state index in [1.54, 1.807) is 32.4 Å². The normalized spacial score (nSPS) is 11.1. The third kappa shape index (κ3) is 4.64. The number of anilines is 1. The highest BCUT2D eigenvalue weighted by Crippen LogP contribution is 2.28. The summed E-state index contributed by atoms with van der Waals surface area (Å²) in [5.41, 5.74) is 2.50. The molecular formula is C18H23NO4S. The van der Waals surface area contributed by atoms with Crippen LogP contribution in [-0.2, 0) is 22.9 Å². The lowest BCUT2D eigenvalue weighted by molar-refractivity contribution is 0.354. The molecule has 1 N–H and O–H groups in total. The van der Waals surface area contributed by atoms with Gasteiger partial charge < -0.3 is 9.47 Å². The van der Waals surface area contributed by atoms with Crippen LogP contribution in [0.1, 0.15) is 18.1 Å². The van der Waals surface area contributed by atoms with Gasteiger partial charge in [0.2, 0.25) is 10.0 Å². The number of methoxy groups -OCH3 is 2. The lowest BCUT2D eigenvalue weighted by Gasteiger charge is -2.12. The zero-order valence-corrected chi connectivity index (χ0v) is 15.0. The summed E-state index contributed by atoms with van der Waals surface area (Å²) in [4.78, 5) is 0. The number of hydrogen-bond acceptors (Lipinski definition) is 4. The highest BCUT2D eigenvalue weighted by Gasteiger charge is 2.13. The van der Waals surface area contributed by atoms with Gasteiger partial charge in [0.05, 0.1) is 25.7 Å². The van der Waals surface area contributed by atoms with Crippen molar-refractivity contribution in [2.75, 3.05) is 24.7 Å². The molecule has 0 heterocycles. The monoisotopic (exact) mass is 349 g/mol. The Bertz CT molecular complexity index is 787. The van der Waals surface area contributed by atoms with Crippen molar-refractivity contribution in [2.45, 2.75) is 19.8 Å². The van der Waals surface area contributed by atoms with Gasteiger partial charge in [0.15, 0.2) is 11.5 Å². The summed E-state index contributed by atoms with van der Waals surface area (Å²) < 4.78 is 37.8. The molecule has 0 amide bonds. The number of hydrogen-bond donors (Lipinski definition) is 1. The van der Waals surface area contributed by atoms with Gasteiger partial charge in [0, 0.05) is 0 Å². The molecule has 24 heavy (non-hydrogen) atoms. The van der Waals surface area contributed by atoms with Crippen molar-refractivity contribution in [3.8, 4) is 11.5 Å². The van der Waals surface area contributed by atoms with Crippen molar-refractivity contribution in [2.24, 2.45) is 0 Å². The van der Waals surface area contributed by atoms with E-state index in [2.05, 4.69) is 4.72 Å². The first-order valence-corrected chi connectivity index (χ1v) is 9.43. The van der Waals surface area contributed by atoms with Crippen LogP contribution in [0, 0.1) is 0 Å². The third-order valence-electron chi connectivity index (χ3n) is 3.77. The van der Waals surface area contributed by atoms with E-state index in [0.29, 0.717) is 23.6 Å². The molecule has 0 atom stereocenters. The lowest BCUT2D eigenvalue weighted by atomic mass is 10.1. The van der Waals surface area contributed by atoms with Crippen molar-refractivity contribution in [1.82, 2.24) is 0 Å². The maximum absolute atomic E-state index is 12.4. The van der Waals surface area contributed by atoms with Gasteiger partial charge in [-0.15, -0.1) is 0 Å². The molecule has 0 unspecified atom stereocenters. The van der Waals surface area contributed by atoms with Gasteiger partial charge in [-0.2, -0.15) is 0 Å². The minimum atomic E-state index is -3.42. The van der Waals surface area contributed by atoms with E-state index in [-0.39, 0.29) is 5.75 Å². The number of aryl methyl sites for hydroxylation is 2. The fraction of sp³-hybridized carbons (Fsp3) is 0.333. The van der Waals surface area contributed by atoms with Crippen molar-refractivity contribution in [3.05, 3.63) is 53.6 Å². The van der Waals surface area contributed by atoms with E-state index >= 15 is 0 Å². The van der Waals surface area contributed by atoms with Crippen molar-refractivity contribution < 1.29 is 17.9 Å². The Balaban J connectivity index is 2.07. The minimum Gasteiger partial charge on any atom is -0.493 e. The topological polar surface area (TPSA) is 64.6 Å². The standard InChI is InChI=1S/C18H23NO4S/c1-4-15-7-5-6-8-16(15)19-24(20,21)12-11-14-9-10-17(22-2)18(13-14)23-3/h5-10,13,19H,4,11-12H2,1-3H3. The molecule has 0 saturated heterocycles. The molecule has 0 fully saturated rings. The molecule has 0 aliphatic heterocycles. The van der Waals surface area contributed by atoms with Crippen molar-refractivity contribution in [3.63, 3.8) is 0 Å². The van der Waals surface area contributed by atoms with Gasteiger partial charge in [-0.25, -0.2) is 8.42 Å². The third-order valence-corrected chi connectivity index (χ3v) is 5.04. The highest BCUT2D eigenvalue weighted by molar-refractivity contribution is 7.92. The first-order chi connectivity index (χ1) is 11.5. The fourth-order valence-electron chi connectivity index (χ4n) is 2.44. The lowest BCUT2D eigenvalue weighted by Crippen LogP contribution is -2.19. The van der Waals surface area contributed by atoms with Gasteiger partial charge >= 0.3 is 0 Å². The Labute approximate surface area is 143 Å². The largest absolute Gasteiger partial charge is 0.493 e. The zero-order chi connectivity index (χ0) is 17.6. The Kier molecular flexibility index (Phi) is 6.09. The molecule has 5 nitrogen and oxygen atoms in total. The van der Waals surface area contributed by atoms with Crippen LogP contribution in [0.15, 0.2) is 42.5 Å². The summed E-state index contributed by atoms with van der Waals surface area (Å²) in [7, 11) is -0.299. The fourth-order valence-corrected chi connectivity index (χ4v) is 3.58. The highest BCUT2D eigenvalue weighted by atomic mass is 32.2. The number of nitrogens with one attached hydrogen (secondary N) is 1. The molecule has 0 radical (unpaired) electrons. The van der Waals surface area contributed by atoms with E-state index in [4.69, 9.17) is 9.47 Å². The molecule has 130 valence electrons. The summed E-state index contributed by atoms with van der Waals surface area (Å²) in [6, 6.07) is 12.9. The van der Waals surface area contributed by atoms with Crippen LogP contribution in [0.4, 0.5) is 5.69 Å². The van der Waals surface area contributed by atoms with Gasteiger partial charge in [-0.05, 0) is 42.2 Å². The molecule has 0 spiro atoms. The van der Waals surface area contributed by atoms with Crippen LogP contribution >= 0.6 is 0 Å². The molecule has 0 bridgehead atoms. The zero-order valence-electron chi connectivity index (χ0n) is 14.2. The van der Waals surface area contributed by atoms with Crippen LogP contribution in [0.5, 0.6) is 11.5 Å². The predicted octanol–water partition coefficient (Wildman–Crippen LogP) is 3.25. The van der Waals surface area contributed by atoms with E-state index in [1.165, 1.54) is 0 Å². The second-order valence-electron chi connectivity index (χ2n) is 5.37. The first-order valence-electron chi connectivity index (χ1n) is 7.78. The molecule has 0 aromatic heterocycles. The summed E-state index contributed by atoms with van der Waals surface area (Å²) >= 11 is 0. The average Bonchev–Trinajstić information content (AvgIpc) is 2.60. The molecule has 6 heteroatoms. The van der Waals surface area contributed by atoms with E-state index < -0.39 is 10.0 Å². The van der Waals surface area contributed by atoms with Crippen LogP contribution < -0.4 is 14.2 Å². The second-order valence-corrected chi connectivity index (χ2v) is 7.21. The summed E-state index contributed by atoms with van der Waals surface area (Å²) in [6.45, 7) is 2.00. The Hall–Kier alpha value is -2.21. The van der Waals surface area contributed by atoms with Crippen LogP contribution in [0.3, 0.4) is 0 Å². The first kappa shape index (κ1) is 18.1. The minimum absolute atomic E-state index is 0.000527. The molecule has 2 aromatic carbocycles. The smallest absolute Gasteiger partial charge is 0.233 e. The quantitative estimate of drug-likeness (QED) is 0.794. The SMILES string of the molecule is CCc1ccccc1NS(=O)(=O)CCc1ccc(OC)c(OC)c1. The van der Waals surface area contributed by atoms with Crippen LogP contribution in [0.2, 0.25) is 0 Å². The van der Waals surface area contributed by atoms with Crippen LogP contribution in [0.25, 0.3) is 0 Å². The molecule has 2 rings (SSSR count). The molecule has 2 aromatic rings. The number of ether oxygens (including phenoxy) is 2. The number of para-hydroxylation sites is 1. The number of benzene rings is 2. The molecule has 0 aliphatic rings. The number of rotatable bonds is 8.